The number of carbonyl (C=O) groups is 1. The fraction of sp³-hybridized carbons (Fsp3) is 0.476. The number of fused-ring (bicyclic) bond motifs is 1. The van der Waals surface area contributed by atoms with E-state index >= 15 is 0 Å². The molecule has 0 saturated heterocycles. The number of thioether (sulfide) groups is 1. The molecule has 1 atom stereocenters. The molecule has 152 valence electrons. The summed E-state index contributed by atoms with van der Waals surface area (Å²) in [6, 6.07) is 7.77. The maximum atomic E-state index is 12.0. The summed E-state index contributed by atoms with van der Waals surface area (Å²) in [4.78, 5) is 14.8. The van der Waals surface area contributed by atoms with Crippen LogP contribution in [0.4, 0.5) is 5.69 Å². The summed E-state index contributed by atoms with van der Waals surface area (Å²) in [6.07, 6.45) is 1.84. The minimum atomic E-state index is -0.913. The van der Waals surface area contributed by atoms with Gasteiger partial charge in [0.05, 0.1) is 11.4 Å². The molecule has 0 spiro atoms. The smallest absolute Gasteiger partial charge is 0.256 e. The average Bonchev–Trinajstić information content (AvgIpc) is 2.78. The molecule has 5 nitrogen and oxygen atoms in total. The van der Waals surface area contributed by atoms with Gasteiger partial charge >= 0.3 is 0 Å². The van der Waals surface area contributed by atoms with Crippen molar-refractivity contribution in [3.8, 4) is 0 Å². The molecule has 1 heterocycles. The van der Waals surface area contributed by atoms with Crippen molar-refractivity contribution in [2.24, 2.45) is 0 Å². The van der Waals surface area contributed by atoms with Crippen LogP contribution in [0.25, 0.3) is 0 Å². The normalized spacial score (nSPS) is 16.2. The molecule has 6 heteroatoms. The molecule has 1 aliphatic rings. The largest absolute Gasteiger partial charge is 0.513 e. The quantitative estimate of drug-likeness (QED) is 0.529. The van der Waals surface area contributed by atoms with E-state index in [0.29, 0.717) is 24.6 Å². The van der Waals surface area contributed by atoms with Crippen molar-refractivity contribution in [3.05, 3.63) is 48.3 Å². The minimum absolute atomic E-state index is 0.210. The second-order valence-corrected chi connectivity index (χ2v) is 7.19. The third kappa shape index (κ3) is 10.2. The van der Waals surface area contributed by atoms with Gasteiger partial charge in [0.2, 0.25) is 0 Å². The van der Waals surface area contributed by atoms with Gasteiger partial charge in [-0.1, -0.05) is 30.7 Å². The predicted molar refractivity (Wildman–Crippen MR) is 117 cm³/mol. The number of aliphatic hydroxyl groups excluding tert-OH is 2. The molecule has 0 radical (unpaired) electrons. The standard InChI is InChI=1S/C12H16N2O2S.C5H10.C4H8O/c1-13-6-7-14-9-4-2-3-5-11(9)17-8-10(15)12(14)16;1-4-5(2)3;1-3-4(2)5/h2-5,10,13,15H,6-8H2,1H3;2,4H2,1,3H3;3,5H,1-2H3/b;;4-3+. The molecular weight excluding hydrogens is 360 g/mol. The molecule has 1 amide bonds. The third-order valence-corrected chi connectivity index (χ3v) is 4.85. The highest BCUT2D eigenvalue weighted by atomic mass is 32.2. The van der Waals surface area contributed by atoms with E-state index in [0.717, 1.165) is 17.0 Å². The van der Waals surface area contributed by atoms with Crippen molar-refractivity contribution in [1.82, 2.24) is 5.32 Å². The van der Waals surface area contributed by atoms with Gasteiger partial charge in [0.1, 0.15) is 6.10 Å². The number of nitrogens with zero attached hydrogens (tertiary/aromatic N) is 1. The van der Waals surface area contributed by atoms with Crippen LogP contribution in [0.1, 0.15) is 34.1 Å². The molecule has 3 N–H and O–H groups in total. The summed E-state index contributed by atoms with van der Waals surface area (Å²) in [5, 5.41) is 21.0. The monoisotopic (exact) mass is 394 g/mol. The van der Waals surface area contributed by atoms with E-state index in [9.17, 15) is 9.90 Å². The Morgan fingerprint density at radius 2 is 1.96 bits per heavy atom. The lowest BCUT2D eigenvalue weighted by Gasteiger charge is -2.23. The van der Waals surface area contributed by atoms with Crippen molar-refractivity contribution in [3.63, 3.8) is 0 Å². The molecule has 1 aliphatic heterocycles. The summed E-state index contributed by atoms with van der Waals surface area (Å²) >= 11 is 1.53. The topological polar surface area (TPSA) is 72.8 Å². The van der Waals surface area contributed by atoms with Gasteiger partial charge in [0, 0.05) is 23.7 Å². The van der Waals surface area contributed by atoms with E-state index < -0.39 is 6.10 Å². The number of allylic oxidation sites excluding steroid dienone is 3. The summed E-state index contributed by atoms with van der Waals surface area (Å²) in [6.45, 7) is 12.5. The van der Waals surface area contributed by atoms with E-state index in [1.807, 2.05) is 38.2 Å². The lowest BCUT2D eigenvalue weighted by atomic mass is 10.2. The molecule has 2 rings (SSSR count). The Morgan fingerprint density at radius 1 is 1.41 bits per heavy atom. The molecule has 0 fully saturated rings. The number of hydrogen-bond donors (Lipinski definition) is 3. The zero-order valence-electron chi connectivity index (χ0n) is 17.2. The molecular formula is C21H34N2O3S. The SMILES string of the molecule is C/C=C(\C)O.C=C(C)CC.CNCCN1C(=O)C(O)CSc2ccccc21. The summed E-state index contributed by atoms with van der Waals surface area (Å²) in [7, 11) is 1.85. The average molecular weight is 395 g/mol. The van der Waals surface area contributed by atoms with Crippen molar-refractivity contribution >= 4 is 23.4 Å². The highest BCUT2D eigenvalue weighted by molar-refractivity contribution is 7.99. The van der Waals surface area contributed by atoms with E-state index in [-0.39, 0.29) is 5.91 Å². The molecule has 0 saturated carbocycles. The lowest BCUT2D eigenvalue weighted by Crippen LogP contribution is -2.42. The van der Waals surface area contributed by atoms with Crippen LogP contribution in [0.15, 0.2) is 53.1 Å². The van der Waals surface area contributed by atoms with E-state index in [1.54, 1.807) is 24.8 Å². The fourth-order valence-corrected chi connectivity index (χ4v) is 2.78. The number of anilines is 1. The van der Waals surface area contributed by atoms with Crippen molar-refractivity contribution in [2.45, 2.75) is 45.1 Å². The Kier molecular flexibility index (Phi) is 13.4. The van der Waals surface area contributed by atoms with Crippen LogP contribution in [-0.4, -0.2) is 48.1 Å². The first-order valence-corrected chi connectivity index (χ1v) is 10.1. The number of hydrogen-bond acceptors (Lipinski definition) is 5. The molecule has 1 aromatic carbocycles. The first-order valence-electron chi connectivity index (χ1n) is 9.10. The summed E-state index contributed by atoms with van der Waals surface area (Å²) < 4.78 is 0. The number of aliphatic hydroxyl groups is 2. The number of amides is 1. The molecule has 0 aliphatic carbocycles. The molecule has 27 heavy (non-hydrogen) atoms. The van der Waals surface area contributed by atoms with Gasteiger partial charge in [-0.3, -0.25) is 4.79 Å². The summed E-state index contributed by atoms with van der Waals surface area (Å²) in [5.41, 5.74) is 2.15. The van der Waals surface area contributed by atoms with Crippen LogP contribution < -0.4 is 10.2 Å². The van der Waals surface area contributed by atoms with Crippen LogP contribution in [0.3, 0.4) is 0 Å². The van der Waals surface area contributed by atoms with Crippen LogP contribution in [0.2, 0.25) is 0 Å². The van der Waals surface area contributed by atoms with Crippen molar-refractivity contribution in [2.75, 3.05) is 30.8 Å². The van der Waals surface area contributed by atoms with Crippen molar-refractivity contribution in [1.29, 1.82) is 0 Å². The van der Waals surface area contributed by atoms with Gasteiger partial charge in [0.15, 0.2) is 0 Å². The highest BCUT2D eigenvalue weighted by Gasteiger charge is 2.28. The number of nitrogens with one attached hydrogen (secondary N) is 1. The van der Waals surface area contributed by atoms with Crippen LogP contribution >= 0.6 is 11.8 Å². The zero-order valence-corrected chi connectivity index (χ0v) is 18.0. The number of para-hydroxylation sites is 1. The van der Waals surface area contributed by atoms with Crippen LogP contribution in [-0.2, 0) is 4.79 Å². The highest BCUT2D eigenvalue weighted by Crippen LogP contribution is 2.33. The maximum absolute atomic E-state index is 12.0. The fourth-order valence-electron chi connectivity index (χ4n) is 1.80. The number of benzene rings is 1. The number of carbonyl (C=O) groups excluding carboxylic acids is 1. The van der Waals surface area contributed by atoms with Crippen molar-refractivity contribution < 1.29 is 15.0 Å². The van der Waals surface area contributed by atoms with Crippen LogP contribution in [0.5, 0.6) is 0 Å². The van der Waals surface area contributed by atoms with E-state index in [4.69, 9.17) is 5.11 Å². The van der Waals surface area contributed by atoms with Gasteiger partial charge in [0.25, 0.3) is 5.91 Å². The molecule has 1 aromatic rings. The third-order valence-electron chi connectivity index (χ3n) is 3.71. The van der Waals surface area contributed by atoms with Gasteiger partial charge in [-0.2, -0.15) is 0 Å². The van der Waals surface area contributed by atoms with Gasteiger partial charge in [-0.05, 0) is 46.4 Å². The maximum Gasteiger partial charge on any atom is 0.256 e. The number of likely N-dealkylation sites (N-methyl/N-ethyl adjacent to an activating group) is 1. The minimum Gasteiger partial charge on any atom is -0.513 e. The van der Waals surface area contributed by atoms with E-state index in [1.165, 1.54) is 17.3 Å². The van der Waals surface area contributed by atoms with Gasteiger partial charge in [-0.25, -0.2) is 0 Å². The van der Waals surface area contributed by atoms with Gasteiger partial charge in [-0.15, -0.1) is 18.3 Å². The Labute approximate surface area is 168 Å². The Morgan fingerprint density at radius 3 is 2.44 bits per heavy atom. The van der Waals surface area contributed by atoms with Gasteiger partial charge < -0.3 is 20.4 Å². The second kappa shape index (κ2) is 14.3. The predicted octanol–water partition coefficient (Wildman–Crippen LogP) is 4.15. The lowest BCUT2D eigenvalue weighted by molar-refractivity contribution is -0.125. The Hall–Kier alpha value is -1.76. The van der Waals surface area contributed by atoms with E-state index in [2.05, 4.69) is 18.8 Å². The van der Waals surface area contributed by atoms with Crippen LogP contribution in [0, 0.1) is 0 Å². The Bertz CT molecular complexity index is 613. The summed E-state index contributed by atoms with van der Waals surface area (Å²) in [5.74, 6) is 0.592. The molecule has 0 aromatic heterocycles. The molecule has 0 bridgehead atoms. The second-order valence-electron chi connectivity index (χ2n) is 6.13. The first kappa shape index (κ1) is 25.2. The zero-order chi connectivity index (χ0) is 20.8. The number of rotatable bonds is 4. The first-order chi connectivity index (χ1) is 12.8. The Balaban J connectivity index is 0.000000563. The molecule has 1 unspecified atom stereocenters.